The Labute approximate surface area is 135 Å². The molecule has 0 saturated carbocycles. The van der Waals surface area contributed by atoms with Gasteiger partial charge in [0.1, 0.15) is 5.52 Å². The van der Waals surface area contributed by atoms with Gasteiger partial charge in [-0.3, -0.25) is 4.98 Å². The number of hydrogen-bond donors (Lipinski definition) is 1. The van der Waals surface area contributed by atoms with Gasteiger partial charge in [0.25, 0.3) is 0 Å². The molecule has 0 aliphatic rings. The predicted molar refractivity (Wildman–Crippen MR) is 85.9 cm³/mol. The number of phenols is 1. The van der Waals surface area contributed by atoms with Crippen LogP contribution in [0.3, 0.4) is 0 Å². The number of aromatic hydroxyl groups is 1. The van der Waals surface area contributed by atoms with E-state index in [-0.39, 0.29) is 10.9 Å². The summed E-state index contributed by atoms with van der Waals surface area (Å²) in [6.07, 6.45) is 4.77. The number of pyridine rings is 1. The van der Waals surface area contributed by atoms with E-state index in [1.165, 1.54) is 10.9 Å². The van der Waals surface area contributed by atoms with Crippen molar-refractivity contribution in [2.24, 2.45) is 0 Å². The maximum atomic E-state index is 14.2. The minimum absolute atomic E-state index is 0.0329. The van der Waals surface area contributed by atoms with Crippen LogP contribution in [0.2, 0.25) is 0 Å². The van der Waals surface area contributed by atoms with E-state index in [2.05, 4.69) is 10.1 Å². The highest BCUT2D eigenvalue weighted by molar-refractivity contribution is 5.83. The van der Waals surface area contributed by atoms with Crippen molar-refractivity contribution >= 4 is 10.9 Å². The second kappa shape index (κ2) is 5.42. The molecule has 0 unspecified atom stereocenters. The van der Waals surface area contributed by atoms with Crippen molar-refractivity contribution in [1.29, 1.82) is 0 Å². The van der Waals surface area contributed by atoms with Crippen LogP contribution in [0.25, 0.3) is 27.7 Å². The summed E-state index contributed by atoms with van der Waals surface area (Å²) in [5.74, 6) is -3.04. The van der Waals surface area contributed by atoms with Gasteiger partial charge >= 0.3 is 0 Å². The first-order valence-electron chi connectivity index (χ1n) is 7.20. The lowest BCUT2D eigenvalue weighted by Crippen LogP contribution is -1.98. The molecule has 0 aliphatic heterocycles. The SMILES string of the molecule is Oc1c(F)cc2cnn(-c3ccc(-c4ccncc4)cc3)c2c1F. The van der Waals surface area contributed by atoms with Crippen molar-refractivity contribution < 1.29 is 13.9 Å². The monoisotopic (exact) mass is 323 g/mol. The van der Waals surface area contributed by atoms with Gasteiger partial charge in [0.05, 0.1) is 11.9 Å². The van der Waals surface area contributed by atoms with Crippen LogP contribution in [-0.4, -0.2) is 19.9 Å². The number of benzene rings is 2. The Hall–Kier alpha value is -3.28. The van der Waals surface area contributed by atoms with Gasteiger partial charge in [-0.15, -0.1) is 0 Å². The Morgan fingerprint density at radius 2 is 1.58 bits per heavy atom. The number of fused-ring (bicyclic) bond motifs is 1. The molecule has 2 aromatic heterocycles. The number of aromatic nitrogens is 3. The molecular weight excluding hydrogens is 312 g/mol. The topological polar surface area (TPSA) is 50.9 Å². The summed E-state index contributed by atoms with van der Waals surface area (Å²) in [4.78, 5) is 3.98. The highest BCUT2D eigenvalue weighted by Crippen LogP contribution is 2.30. The zero-order valence-electron chi connectivity index (χ0n) is 12.3. The van der Waals surface area contributed by atoms with Gasteiger partial charge in [-0.25, -0.2) is 13.5 Å². The lowest BCUT2D eigenvalue weighted by molar-refractivity contribution is 0.399. The Bertz CT molecular complexity index is 1030. The quantitative estimate of drug-likeness (QED) is 0.605. The molecule has 0 amide bonds. The van der Waals surface area contributed by atoms with E-state index in [4.69, 9.17) is 0 Å². The van der Waals surface area contributed by atoms with Gasteiger partial charge in [-0.1, -0.05) is 12.1 Å². The van der Waals surface area contributed by atoms with Crippen molar-refractivity contribution in [3.05, 3.63) is 72.7 Å². The Balaban J connectivity index is 1.82. The smallest absolute Gasteiger partial charge is 0.194 e. The molecule has 0 saturated heterocycles. The van der Waals surface area contributed by atoms with Crippen LogP contribution >= 0.6 is 0 Å². The van der Waals surface area contributed by atoms with Crippen LogP contribution in [0.5, 0.6) is 5.75 Å². The van der Waals surface area contributed by atoms with Crippen molar-refractivity contribution in [3.63, 3.8) is 0 Å². The van der Waals surface area contributed by atoms with Crippen LogP contribution < -0.4 is 0 Å². The molecule has 0 atom stereocenters. The highest BCUT2D eigenvalue weighted by atomic mass is 19.1. The first-order valence-corrected chi connectivity index (χ1v) is 7.20. The Morgan fingerprint density at radius 1 is 0.917 bits per heavy atom. The number of nitrogens with zero attached hydrogens (tertiary/aromatic N) is 3. The van der Waals surface area contributed by atoms with Crippen LogP contribution in [0.15, 0.2) is 61.1 Å². The molecule has 0 spiro atoms. The summed E-state index contributed by atoms with van der Waals surface area (Å²) in [6, 6.07) is 12.1. The molecule has 0 radical (unpaired) electrons. The third-order valence-corrected chi connectivity index (χ3v) is 3.85. The Kier molecular flexibility index (Phi) is 3.23. The zero-order valence-corrected chi connectivity index (χ0v) is 12.3. The number of hydrogen-bond acceptors (Lipinski definition) is 3. The highest BCUT2D eigenvalue weighted by Gasteiger charge is 2.17. The van der Waals surface area contributed by atoms with Gasteiger partial charge in [-0.2, -0.15) is 5.10 Å². The van der Waals surface area contributed by atoms with E-state index in [1.807, 2.05) is 24.3 Å². The predicted octanol–water partition coefficient (Wildman–Crippen LogP) is 4.07. The molecule has 1 N–H and O–H groups in total. The van der Waals surface area contributed by atoms with Crippen LogP contribution in [0.4, 0.5) is 8.78 Å². The third-order valence-electron chi connectivity index (χ3n) is 3.85. The molecule has 4 rings (SSSR count). The maximum Gasteiger partial charge on any atom is 0.194 e. The van der Waals surface area contributed by atoms with Crippen LogP contribution in [-0.2, 0) is 0 Å². The van der Waals surface area contributed by atoms with Gasteiger partial charge in [0.15, 0.2) is 17.4 Å². The molecule has 2 aromatic carbocycles. The van der Waals surface area contributed by atoms with E-state index >= 15 is 0 Å². The summed E-state index contributed by atoms with van der Waals surface area (Å²) < 4.78 is 29.0. The van der Waals surface area contributed by atoms with Crippen molar-refractivity contribution in [2.75, 3.05) is 0 Å². The van der Waals surface area contributed by atoms with E-state index in [9.17, 15) is 13.9 Å². The first-order chi connectivity index (χ1) is 11.6. The fourth-order valence-electron chi connectivity index (χ4n) is 2.64. The third kappa shape index (κ3) is 2.20. The van der Waals surface area contributed by atoms with E-state index in [0.717, 1.165) is 17.2 Å². The molecule has 0 fully saturated rings. The zero-order chi connectivity index (χ0) is 16.7. The Morgan fingerprint density at radius 3 is 2.29 bits per heavy atom. The van der Waals surface area contributed by atoms with E-state index < -0.39 is 17.4 Å². The average molecular weight is 323 g/mol. The van der Waals surface area contributed by atoms with Crippen LogP contribution in [0, 0.1) is 11.6 Å². The summed E-state index contributed by atoms with van der Waals surface area (Å²) in [6.45, 7) is 0. The van der Waals surface area contributed by atoms with E-state index in [1.54, 1.807) is 24.5 Å². The molecular formula is C18H11F2N3O. The standard InChI is InChI=1S/C18H11F2N3O/c19-15-9-13-10-22-23(17(13)16(20)18(15)24)14-3-1-11(2-4-14)12-5-7-21-8-6-12/h1-10,24H. The lowest BCUT2D eigenvalue weighted by Gasteiger charge is -2.07. The van der Waals surface area contributed by atoms with Gasteiger partial charge in [-0.05, 0) is 41.5 Å². The van der Waals surface area contributed by atoms with Crippen molar-refractivity contribution in [1.82, 2.24) is 14.8 Å². The molecule has 0 bridgehead atoms. The van der Waals surface area contributed by atoms with Crippen molar-refractivity contribution in [3.8, 4) is 22.6 Å². The fourth-order valence-corrected chi connectivity index (χ4v) is 2.64. The summed E-state index contributed by atoms with van der Waals surface area (Å²) in [5, 5.41) is 13.9. The number of rotatable bonds is 2. The summed E-state index contributed by atoms with van der Waals surface area (Å²) >= 11 is 0. The minimum Gasteiger partial charge on any atom is -0.503 e. The molecule has 24 heavy (non-hydrogen) atoms. The fraction of sp³-hybridized carbons (Fsp3) is 0. The summed E-state index contributed by atoms with van der Waals surface area (Å²) in [7, 11) is 0. The normalized spacial score (nSPS) is 11.1. The molecule has 4 nitrogen and oxygen atoms in total. The average Bonchev–Trinajstić information content (AvgIpc) is 3.04. The molecule has 4 aromatic rings. The first kappa shape index (κ1) is 14.3. The molecule has 2 heterocycles. The lowest BCUT2D eigenvalue weighted by atomic mass is 10.1. The van der Waals surface area contributed by atoms with E-state index in [0.29, 0.717) is 5.69 Å². The minimum atomic E-state index is -1.03. The molecule has 6 heteroatoms. The van der Waals surface area contributed by atoms with Crippen LogP contribution in [0.1, 0.15) is 0 Å². The van der Waals surface area contributed by atoms with Gasteiger partial charge in [0.2, 0.25) is 0 Å². The maximum absolute atomic E-state index is 14.2. The van der Waals surface area contributed by atoms with Gasteiger partial charge in [0, 0.05) is 17.8 Å². The van der Waals surface area contributed by atoms with Crippen molar-refractivity contribution in [2.45, 2.75) is 0 Å². The number of phenolic OH excluding ortho intramolecular Hbond substituents is 1. The second-order valence-electron chi connectivity index (χ2n) is 5.30. The molecule has 0 aliphatic carbocycles. The number of halogens is 2. The summed E-state index contributed by atoms with van der Waals surface area (Å²) in [5.41, 5.74) is 2.62. The second-order valence-corrected chi connectivity index (χ2v) is 5.30. The van der Waals surface area contributed by atoms with Gasteiger partial charge < -0.3 is 5.11 Å². The largest absolute Gasteiger partial charge is 0.503 e. The molecule has 118 valence electrons.